The highest BCUT2D eigenvalue weighted by atomic mass is 19.1. The first-order valence-corrected chi connectivity index (χ1v) is 11.1. The van der Waals surface area contributed by atoms with Crippen LogP contribution in [-0.2, 0) is 20.9 Å². The molecule has 1 aliphatic rings. The van der Waals surface area contributed by atoms with Crippen LogP contribution in [0.15, 0.2) is 30.3 Å². The number of esters is 1. The van der Waals surface area contributed by atoms with E-state index in [1.54, 1.807) is 25.3 Å². The molecule has 1 aromatic carbocycles. The second kappa shape index (κ2) is 10.4. The first kappa shape index (κ1) is 24.1. The Morgan fingerprint density at radius 3 is 2.41 bits per heavy atom. The Morgan fingerprint density at radius 2 is 1.84 bits per heavy atom. The summed E-state index contributed by atoms with van der Waals surface area (Å²) in [5.74, 6) is -1.22. The number of carbonyl (C=O) groups is 1. The van der Waals surface area contributed by atoms with Crippen molar-refractivity contribution in [1.82, 2.24) is 4.98 Å². The summed E-state index contributed by atoms with van der Waals surface area (Å²) in [6, 6.07) is 6.37. The summed E-state index contributed by atoms with van der Waals surface area (Å²) in [6.07, 6.45) is 3.17. The number of halogens is 1. The summed E-state index contributed by atoms with van der Waals surface area (Å²) in [5, 5.41) is 10.3. The molecule has 0 spiro atoms. The molecule has 1 aromatic heterocycles. The average molecular weight is 442 g/mol. The summed E-state index contributed by atoms with van der Waals surface area (Å²) in [4.78, 5) is 17.3. The molecule has 2 heterocycles. The number of ether oxygens (including phenoxy) is 2. The van der Waals surface area contributed by atoms with Crippen LogP contribution in [0, 0.1) is 11.7 Å². The van der Waals surface area contributed by atoms with Crippen LogP contribution in [0.1, 0.15) is 68.5 Å². The van der Waals surface area contributed by atoms with Gasteiger partial charge in [0.1, 0.15) is 11.7 Å². The van der Waals surface area contributed by atoms with Crippen molar-refractivity contribution in [3.8, 4) is 11.1 Å². The minimum atomic E-state index is -0.786. The fraction of sp³-hybridized carbons (Fsp3) is 0.462. The van der Waals surface area contributed by atoms with Crippen LogP contribution in [0.2, 0.25) is 0 Å². The van der Waals surface area contributed by atoms with Crippen molar-refractivity contribution in [3.63, 3.8) is 0 Å². The van der Waals surface area contributed by atoms with E-state index >= 15 is 0 Å². The maximum Gasteiger partial charge on any atom is 0.315 e. The van der Waals surface area contributed by atoms with E-state index in [0.29, 0.717) is 13.0 Å². The lowest BCUT2D eigenvalue weighted by molar-refractivity contribution is -0.157. The summed E-state index contributed by atoms with van der Waals surface area (Å²) < 4.78 is 24.4. The minimum absolute atomic E-state index is 0.103. The summed E-state index contributed by atoms with van der Waals surface area (Å²) in [7, 11) is 1.64. The molecule has 1 N–H and O–H groups in total. The second-order valence-corrected chi connectivity index (χ2v) is 8.81. The van der Waals surface area contributed by atoms with E-state index in [-0.39, 0.29) is 24.3 Å². The fourth-order valence-electron chi connectivity index (χ4n) is 4.12. The van der Waals surface area contributed by atoms with E-state index in [0.717, 1.165) is 33.6 Å². The van der Waals surface area contributed by atoms with Gasteiger partial charge in [-0.1, -0.05) is 52.0 Å². The van der Waals surface area contributed by atoms with Crippen molar-refractivity contribution in [1.29, 1.82) is 0 Å². The molecule has 5 nitrogen and oxygen atoms in total. The van der Waals surface area contributed by atoms with Crippen molar-refractivity contribution in [2.45, 2.75) is 58.7 Å². The van der Waals surface area contributed by atoms with E-state index in [1.807, 2.05) is 6.08 Å². The summed E-state index contributed by atoms with van der Waals surface area (Å²) in [6.45, 7) is 8.88. The van der Waals surface area contributed by atoms with Gasteiger partial charge >= 0.3 is 5.97 Å². The average Bonchev–Trinajstić information content (AvgIpc) is 2.74. The topological polar surface area (TPSA) is 68.7 Å². The van der Waals surface area contributed by atoms with Crippen molar-refractivity contribution in [2.24, 2.45) is 5.92 Å². The number of methoxy groups -OCH3 is 1. The summed E-state index contributed by atoms with van der Waals surface area (Å²) >= 11 is 0. The van der Waals surface area contributed by atoms with Crippen LogP contribution < -0.4 is 0 Å². The number of nitrogens with zero attached hydrogens (tertiary/aromatic N) is 1. The van der Waals surface area contributed by atoms with Gasteiger partial charge in [-0.3, -0.25) is 9.78 Å². The molecule has 1 aliphatic heterocycles. The number of carbonyl (C=O) groups excluding carboxylic acids is 1. The number of aromatic nitrogens is 1. The van der Waals surface area contributed by atoms with Crippen LogP contribution in [0.25, 0.3) is 17.2 Å². The van der Waals surface area contributed by atoms with Crippen molar-refractivity contribution < 1.29 is 23.8 Å². The Hall–Kier alpha value is -2.57. The Bertz CT molecular complexity index is 982. The van der Waals surface area contributed by atoms with Gasteiger partial charge in [0, 0.05) is 30.4 Å². The van der Waals surface area contributed by atoms with Crippen LogP contribution in [0.5, 0.6) is 0 Å². The zero-order valence-corrected chi connectivity index (χ0v) is 19.4. The smallest absolute Gasteiger partial charge is 0.315 e. The molecule has 2 aromatic rings. The molecular weight excluding hydrogens is 409 g/mol. The zero-order valence-electron chi connectivity index (χ0n) is 19.4. The number of cyclic esters (lactones) is 1. The van der Waals surface area contributed by atoms with E-state index < -0.39 is 18.0 Å². The molecule has 0 saturated carbocycles. The third kappa shape index (κ3) is 5.08. The van der Waals surface area contributed by atoms with Gasteiger partial charge in [-0.05, 0) is 35.1 Å². The number of aliphatic hydroxyl groups is 1. The Labute approximate surface area is 189 Å². The van der Waals surface area contributed by atoms with E-state index in [9.17, 15) is 14.3 Å². The Kier molecular flexibility index (Phi) is 7.80. The maximum absolute atomic E-state index is 13.7. The first-order chi connectivity index (χ1) is 15.2. The molecule has 0 aliphatic carbocycles. The highest BCUT2D eigenvalue weighted by Gasteiger charge is 2.30. The third-order valence-electron chi connectivity index (χ3n) is 5.73. The lowest BCUT2D eigenvalue weighted by atomic mass is 9.86. The van der Waals surface area contributed by atoms with Gasteiger partial charge in [-0.2, -0.15) is 0 Å². The van der Waals surface area contributed by atoms with Gasteiger partial charge in [0.25, 0.3) is 0 Å². The highest BCUT2D eigenvalue weighted by molar-refractivity contribution is 5.82. The molecule has 32 heavy (non-hydrogen) atoms. The van der Waals surface area contributed by atoms with Gasteiger partial charge in [-0.25, -0.2) is 4.39 Å². The molecule has 0 unspecified atom stereocenters. The van der Waals surface area contributed by atoms with Gasteiger partial charge < -0.3 is 14.6 Å². The maximum atomic E-state index is 13.7. The van der Waals surface area contributed by atoms with Gasteiger partial charge in [0.15, 0.2) is 0 Å². The Morgan fingerprint density at radius 1 is 1.19 bits per heavy atom. The fourth-order valence-corrected chi connectivity index (χ4v) is 4.12. The first-order valence-electron chi connectivity index (χ1n) is 11.1. The number of benzene rings is 1. The molecule has 0 radical (unpaired) electrons. The number of hydrogen-bond donors (Lipinski definition) is 1. The second-order valence-electron chi connectivity index (χ2n) is 8.81. The lowest BCUT2D eigenvalue weighted by Crippen LogP contribution is -2.34. The van der Waals surface area contributed by atoms with Crippen LogP contribution in [-0.4, -0.2) is 35.9 Å². The van der Waals surface area contributed by atoms with Crippen LogP contribution in [0.4, 0.5) is 4.39 Å². The quantitative estimate of drug-likeness (QED) is 0.597. The number of pyridine rings is 1. The van der Waals surface area contributed by atoms with Gasteiger partial charge in [-0.15, -0.1) is 0 Å². The number of hydrogen-bond acceptors (Lipinski definition) is 5. The third-order valence-corrected chi connectivity index (χ3v) is 5.73. The SMILES string of the molecule is COCc1c(C(C)C)nc(C(C)C)c(/C=C/[C@@H]2C(=O)OCC[C@H]2O)c1-c1ccc(F)cc1. The Balaban J connectivity index is 2.29. The highest BCUT2D eigenvalue weighted by Crippen LogP contribution is 2.38. The predicted octanol–water partition coefficient (Wildman–Crippen LogP) is 5.22. The minimum Gasteiger partial charge on any atom is -0.465 e. The predicted molar refractivity (Wildman–Crippen MR) is 123 cm³/mol. The normalized spacial score (nSPS) is 19.2. The number of aliphatic hydroxyl groups excluding tert-OH is 1. The molecule has 0 amide bonds. The van der Waals surface area contributed by atoms with E-state index in [2.05, 4.69) is 27.7 Å². The van der Waals surface area contributed by atoms with Crippen molar-refractivity contribution >= 4 is 12.0 Å². The monoisotopic (exact) mass is 441 g/mol. The molecule has 3 rings (SSSR count). The molecule has 0 bridgehead atoms. The zero-order chi connectivity index (χ0) is 23.4. The van der Waals surface area contributed by atoms with Crippen molar-refractivity contribution in [3.05, 3.63) is 58.7 Å². The van der Waals surface area contributed by atoms with E-state index in [4.69, 9.17) is 14.5 Å². The van der Waals surface area contributed by atoms with Gasteiger partial charge in [0.2, 0.25) is 0 Å². The molecular formula is C26H32FNO4. The molecule has 172 valence electrons. The molecule has 6 heteroatoms. The largest absolute Gasteiger partial charge is 0.465 e. The number of rotatable bonds is 7. The van der Waals surface area contributed by atoms with E-state index in [1.165, 1.54) is 12.1 Å². The van der Waals surface area contributed by atoms with Crippen LogP contribution in [0.3, 0.4) is 0 Å². The lowest BCUT2D eigenvalue weighted by Gasteiger charge is -2.25. The molecule has 1 fully saturated rings. The molecule has 1 saturated heterocycles. The van der Waals surface area contributed by atoms with Gasteiger partial charge in [0.05, 0.1) is 25.0 Å². The summed E-state index contributed by atoms with van der Waals surface area (Å²) in [5.41, 5.74) is 5.34. The standard InChI is InChI=1S/C26H32FNO4/c1-15(2)24-20(11-10-19-22(29)12-13-32-26(19)30)23(17-6-8-18(27)9-7-17)21(14-31-5)25(28-24)16(3)4/h6-11,15-16,19,22,29H,12-14H2,1-5H3/b11-10+/t19-,22+/m0/s1. The van der Waals surface area contributed by atoms with Crippen LogP contribution >= 0.6 is 0 Å². The molecule has 2 atom stereocenters. The van der Waals surface area contributed by atoms with Crippen molar-refractivity contribution in [2.75, 3.05) is 13.7 Å².